The standard InChI is InChI=1S/C18H19N3O5S/c1-12-6-9-21(13-4-2-3-5-14(13)27-12)16(23)11-26-17(24)10-20-8-7-15(22)19-18(20)25/h2-5,7-8,12H,6,9-11H2,1H3,(H,19,22,25)/t12-/m0/s1. The van der Waals surface area contributed by atoms with Gasteiger partial charge in [0.1, 0.15) is 6.54 Å². The fraction of sp³-hybridized carbons (Fsp3) is 0.333. The van der Waals surface area contributed by atoms with E-state index in [-0.39, 0.29) is 12.5 Å². The second kappa shape index (κ2) is 8.26. The summed E-state index contributed by atoms with van der Waals surface area (Å²) >= 11 is 1.71. The van der Waals surface area contributed by atoms with Crippen LogP contribution in [0.5, 0.6) is 0 Å². The molecule has 0 saturated heterocycles. The molecule has 0 radical (unpaired) electrons. The van der Waals surface area contributed by atoms with Crippen LogP contribution in [-0.2, 0) is 20.9 Å². The quantitative estimate of drug-likeness (QED) is 0.783. The van der Waals surface area contributed by atoms with Gasteiger partial charge in [0, 0.05) is 29.0 Å². The Morgan fingerprint density at radius 2 is 2.04 bits per heavy atom. The Balaban J connectivity index is 1.64. The van der Waals surface area contributed by atoms with Crippen LogP contribution < -0.4 is 16.1 Å². The summed E-state index contributed by atoms with van der Waals surface area (Å²) in [5.41, 5.74) is -0.449. The number of esters is 1. The molecule has 1 atom stereocenters. The van der Waals surface area contributed by atoms with E-state index in [1.54, 1.807) is 16.7 Å². The van der Waals surface area contributed by atoms with E-state index in [0.717, 1.165) is 27.6 Å². The van der Waals surface area contributed by atoms with Gasteiger partial charge in [-0.2, -0.15) is 0 Å². The summed E-state index contributed by atoms with van der Waals surface area (Å²) in [5, 5.41) is 0.374. The number of nitrogens with one attached hydrogen (secondary N) is 1. The molecule has 0 spiro atoms. The van der Waals surface area contributed by atoms with Crippen LogP contribution in [0.25, 0.3) is 0 Å². The van der Waals surface area contributed by atoms with Crippen molar-refractivity contribution in [3.05, 3.63) is 57.4 Å². The minimum atomic E-state index is -0.733. The molecular formula is C18H19N3O5S. The molecule has 1 aromatic heterocycles. The van der Waals surface area contributed by atoms with E-state index in [0.29, 0.717) is 11.8 Å². The van der Waals surface area contributed by atoms with Gasteiger partial charge in [-0.15, -0.1) is 11.8 Å². The van der Waals surface area contributed by atoms with E-state index in [9.17, 15) is 19.2 Å². The number of carbonyl (C=O) groups is 2. The van der Waals surface area contributed by atoms with Crippen LogP contribution in [0, 0.1) is 0 Å². The molecule has 9 heteroatoms. The number of hydrogen-bond donors (Lipinski definition) is 1. The Morgan fingerprint density at radius 3 is 2.81 bits per heavy atom. The highest BCUT2D eigenvalue weighted by molar-refractivity contribution is 8.00. The normalized spacial score (nSPS) is 16.3. The summed E-state index contributed by atoms with van der Waals surface area (Å²) in [4.78, 5) is 51.9. The molecule has 142 valence electrons. The molecular weight excluding hydrogens is 370 g/mol. The zero-order chi connectivity index (χ0) is 19.4. The van der Waals surface area contributed by atoms with E-state index in [1.165, 1.54) is 6.20 Å². The van der Waals surface area contributed by atoms with Crippen molar-refractivity contribution in [1.29, 1.82) is 0 Å². The van der Waals surface area contributed by atoms with Crippen LogP contribution in [0.2, 0.25) is 0 Å². The topological polar surface area (TPSA) is 101 Å². The number of rotatable bonds is 4. The fourth-order valence-corrected chi connectivity index (χ4v) is 3.83. The molecule has 0 saturated carbocycles. The number of fused-ring (bicyclic) bond motifs is 1. The molecule has 2 aromatic rings. The van der Waals surface area contributed by atoms with E-state index in [4.69, 9.17) is 4.74 Å². The lowest BCUT2D eigenvalue weighted by molar-refractivity contribution is -0.148. The monoisotopic (exact) mass is 389 g/mol. The number of benzene rings is 1. The van der Waals surface area contributed by atoms with E-state index < -0.39 is 23.8 Å². The van der Waals surface area contributed by atoms with Crippen molar-refractivity contribution in [3.63, 3.8) is 0 Å². The van der Waals surface area contributed by atoms with Crippen LogP contribution in [0.1, 0.15) is 13.3 Å². The average Bonchev–Trinajstić information content (AvgIpc) is 2.80. The number of amides is 1. The number of anilines is 1. The van der Waals surface area contributed by atoms with Crippen molar-refractivity contribution in [3.8, 4) is 0 Å². The van der Waals surface area contributed by atoms with Gasteiger partial charge in [0.2, 0.25) is 0 Å². The predicted molar refractivity (Wildman–Crippen MR) is 101 cm³/mol. The maximum atomic E-state index is 12.6. The second-order valence-electron chi connectivity index (χ2n) is 6.13. The lowest BCUT2D eigenvalue weighted by Gasteiger charge is -2.22. The van der Waals surface area contributed by atoms with Crippen LogP contribution in [-0.4, -0.2) is 39.8 Å². The molecule has 27 heavy (non-hydrogen) atoms. The minimum Gasteiger partial charge on any atom is -0.454 e. The van der Waals surface area contributed by atoms with Gasteiger partial charge in [-0.1, -0.05) is 19.1 Å². The summed E-state index contributed by atoms with van der Waals surface area (Å²) in [6.07, 6.45) is 2.03. The van der Waals surface area contributed by atoms with Gasteiger partial charge in [-0.05, 0) is 18.6 Å². The van der Waals surface area contributed by atoms with Crippen molar-refractivity contribution in [1.82, 2.24) is 9.55 Å². The molecule has 3 rings (SSSR count). The molecule has 1 amide bonds. The van der Waals surface area contributed by atoms with Gasteiger partial charge < -0.3 is 9.64 Å². The Bertz CT molecular complexity index is 968. The summed E-state index contributed by atoms with van der Waals surface area (Å²) in [6.45, 7) is 1.86. The summed E-state index contributed by atoms with van der Waals surface area (Å²) in [5.74, 6) is -1.05. The molecule has 8 nitrogen and oxygen atoms in total. The number of aromatic amines is 1. The Kier molecular flexibility index (Phi) is 5.80. The largest absolute Gasteiger partial charge is 0.454 e. The number of aromatic nitrogens is 2. The summed E-state index contributed by atoms with van der Waals surface area (Å²) in [6, 6.07) is 8.77. The summed E-state index contributed by atoms with van der Waals surface area (Å²) < 4.78 is 6.05. The van der Waals surface area contributed by atoms with Gasteiger partial charge in [-0.25, -0.2) is 4.79 Å². The molecule has 0 bridgehead atoms. The van der Waals surface area contributed by atoms with Gasteiger partial charge in [0.05, 0.1) is 5.69 Å². The number of thioether (sulfide) groups is 1. The smallest absolute Gasteiger partial charge is 0.328 e. The van der Waals surface area contributed by atoms with Gasteiger partial charge in [0.15, 0.2) is 6.61 Å². The number of nitrogens with zero attached hydrogens (tertiary/aromatic N) is 2. The maximum absolute atomic E-state index is 12.6. The van der Waals surface area contributed by atoms with Gasteiger partial charge in [0.25, 0.3) is 11.5 Å². The van der Waals surface area contributed by atoms with Crippen molar-refractivity contribution >= 4 is 29.3 Å². The molecule has 0 aliphatic carbocycles. The lowest BCUT2D eigenvalue weighted by Crippen LogP contribution is -2.37. The van der Waals surface area contributed by atoms with Gasteiger partial charge >= 0.3 is 11.7 Å². The Morgan fingerprint density at radius 1 is 1.26 bits per heavy atom. The fourth-order valence-electron chi connectivity index (χ4n) is 2.72. The third kappa shape index (κ3) is 4.68. The van der Waals surface area contributed by atoms with Crippen molar-refractivity contribution in [2.45, 2.75) is 30.0 Å². The molecule has 1 aromatic carbocycles. The number of ether oxygens (including phenoxy) is 1. The first-order valence-electron chi connectivity index (χ1n) is 8.45. The first kappa shape index (κ1) is 19.0. The van der Waals surface area contributed by atoms with Crippen LogP contribution in [0.15, 0.2) is 51.0 Å². The molecule has 1 aliphatic heterocycles. The van der Waals surface area contributed by atoms with E-state index in [2.05, 4.69) is 6.92 Å². The molecule has 0 unspecified atom stereocenters. The Hall–Kier alpha value is -2.81. The van der Waals surface area contributed by atoms with Crippen molar-refractivity contribution < 1.29 is 14.3 Å². The average molecular weight is 389 g/mol. The number of para-hydroxylation sites is 1. The SMILES string of the molecule is C[C@H]1CCN(C(=O)COC(=O)Cn2ccc(=O)[nH]c2=O)c2ccccc2S1. The lowest BCUT2D eigenvalue weighted by atomic mass is 10.2. The first-order valence-corrected chi connectivity index (χ1v) is 9.33. The zero-order valence-corrected chi connectivity index (χ0v) is 15.5. The van der Waals surface area contributed by atoms with E-state index >= 15 is 0 Å². The molecule has 1 N–H and O–H groups in total. The highest BCUT2D eigenvalue weighted by Gasteiger charge is 2.24. The van der Waals surface area contributed by atoms with Gasteiger partial charge in [-0.3, -0.25) is 23.9 Å². The maximum Gasteiger partial charge on any atom is 0.328 e. The molecule has 1 aliphatic rings. The van der Waals surface area contributed by atoms with E-state index in [1.807, 2.05) is 29.2 Å². The third-order valence-electron chi connectivity index (χ3n) is 4.10. The highest BCUT2D eigenvalue weighted by atomic mass is 32.2. The summed E-state index contributed by atoms with van der Waals surface area (Å²) in [7, 11) is 0. The third-order valence-corrected chi connectivity index (χ3v) is 5.33. The van der Waals surface area contributed by atoms with Crippen molar-refractivity contribution in [2.75, 3.05) is 18.1 Å². The molecule has 0 fully saturated rings. The number of H-pyrrole nitrogens is 1. The van der Waals surface area contributed by atoms with Crippen LogP contribution in [0.4, 0.5) is 5.69 Å². The molecule has 2 heterocycles. The minimum absolute atomic E-state index is 0.320. The Labute approximate surface area is 159 Å². The highest BCUT2D eigenvalue weighted by Crippen LogP contribution is 2.37. The van der Waals surface area contributed by atoms with Crippen LogP contribution in [0.3, 0.4) is 0 Å². The number of carbonyl (C=O) groups excluding carboxylic acids is 2. The zero-order valence-electron chi connectivity index (χ0n) is 14.7. The predicted octanol–water partition coefficient (Wildman–Crippen LogP) is 0.997. The number of hydrogen-bond acceptors (Lipinski definition) is 6. The second-order valence-corrected chi connectivity index (χ2v) is 7.61. The van der Waals surface area contributed by atoms with Crippen molar-refractivity contribution in [2.24, 2.45) is 0 Å². The first-order chi connectivity index (χ1) is 12.9. The van der Waals surface area contributed by atoms with Crippen LogP contribution >= 0.6 is 11.8 Å².